The third kappa shape index (κ3) is 2.35. The van der Waals surface area contributed by atoms with Crippen LogP contribution in [0.1, 0.15) is 15.9 Å². The lowest BCUT2D eigenvalue weighted by Gasteiger charge is -2.07. The largest absolute Gasteiger partial charge is 0.478 e. The Morgan fingerprint density at radius 3 is 2.80 bits per heavy atom. The molecule has 0 atom stereocenters. The Balaban J connectivity index is 2.01. The van der Waals surface area contributed by atoms with Crippen LogP contribution < -0.4 is 5.32 Å². The number of para-hydroxylation sites is 1. The van der Waals surface area contributed by atoms with Gasteiger partial charge in [-0.2, -0.15) is 0 Å². The molecule has 3 aromatic rings. The first kappa shape index (κ1) is 12.6. The number of nitrogens with zero attached hydrogens (tertiary/aromatic N) is 1. The van der Waals surface area contributed by atoms with Gasteiger partial charge in [0.05, 0.1) is 21.5 Å². The molecule has 4 nitrogen and oxygen atoms in total. The minimum Gasteiger partial charge on any atom is -0.478 e. The first-order valence-electron chi connectivity index (χ1n) is 6.10. The molecule has 5 heteroatoms. The van der Waals surface area contributed by atoms with E-state index >= 15 is 0 Å². The van der Waals surface area contributed by atoms with Crippen molar-refractivity contribution in [1.82, 2.24) is 4.98 Å². The number of benzene rings is 2. The van der Waals surface area contributed by atoms with Crippen LogP contribution in [0.15, 0.2) is 42.5 Å². The molecule has 20 heavy (non-hydrogen) atoms. The molecule has 0 unspecified atom stereocenters. The molecule has 0 aliphatic rings. The van der Waals surface area contributed by atoms with Crippen molar-refractivity contribution in [3.63, 3.8) is 0 Å². The van der Waals surface area contributed by atoms with Crippen molar-refractivity contribution in [2.45, 2.75) is 6.92 Å². The van der Waals surface area contributed by atoms with Crippen molar-refractivity contribution in [1.29, 1.82) is 0 Å². The first-order chi connectivity index (χ1) is 9.63. The van der Waals surface area contributed by atoms with Gasteiger partial charge in [0.25, 0.3) is 0 Å². The van der Waals surface area contributed by atoms with Gasteiger partial charge in [-0.1, -0.05) is 29.5 Å². The fraction of sp³-hybridized carbons (Fsp3) is 0.0667. The Morgan fingerprint density at radius 1 is 1.25 bits per heavy atom. The van der Waals surface area contributed by atoms with Crippen LogP contribution in [0.2, 0.25) is 0 Å². The van der Waals surface area contributed by atoms with Gasteiger partial charge in [0.1, 0.15) is 0 Å². The summed E-state index contributed by atoms with van der Waals surface area (Å²) in [7, 11) is 0. The van der Waals surface area contributed by atoms with Gasteiger partial charge >= 0.3 is 5.97 Å². The molecule has 0 saturated carbocycles. The molecule has 0 saturated heterocycles. The Labute approximate surface area is 119 Å². The molecule has 100 valence electrons. The number of hydrogen-bond donors (Lipinski definition) is 2. The zero-order chi connectivity index (χ0) is 14.1. The summed E-state index contributed by atoms with van der Waals surface area (Å²) in [5, 5.41) is 13.0. The Morgan fingerprint density at radius 2 is 2.05 bits per heavy atom. The molecule has 1 heterocycles. The van der Waals surface area contributed by atoms with Gasteiger partial charge in [0.15, 0.2) is 5.13 Å². The summed E-state index contributed by atoms with van der Waals surface area (Å²) in [6, 6.07) is 13.0. The maximum atomic E-state index is 11.2. The number of rotatable bonds is 3. The van der Waals surface area contributed by atoms with Crippen LogP contribution in [0.5, 0.6) is 0 Å². The lowest BCUT2D eigenvalue weighted by molar-refractivity contribution is 0.0698. The zero-order valence-electron chi connectivity index (χ0n) is 10.8. The summed E-state index contributed by atoms with van der Waals surface area (Å²) in [5.41, 5.74) is 2.72. The molecule has 0 spiro atoms. The fourth-order valence-electron chi connectivity index (χ4n) is 1.99. The van der Waals surface area contributed by atoms with Crippen molar-refractivity contribution in [3.8, 4) is 0 Å². The van der Waals surface area contributed by atoms with E-state index in [9.17, 15) is 9.90 Å². The number of carboxylic acid groups (broad SMARTS) is 1. The van der Waals surface area contributed by atoms with Gasteiger partial charge in [-0.25, -0.2) is 9.78 Å². The topological polar surface area (TPSA) is 62.2 Å². The van der Waals surface area contributed by atoms with Gasteiger partial charge in [-0.05, 0) is 36.8 Å². The Kier molecular flexibility index (Phi) is 3.12. The highest BCUT2D eigenvalue weighted by Crippen LogP contribution is 2.29. The maximum Gasteiger partial charge on any atom is 0.337 e. The van der Waals surface area contributed by atoms with E-state index in [2.05, 4.69) is 10.3 Å². The van der Waals surface area contributed by atoms with Gasteiger partial charge in [0, 0.05) is 0 Å². The highest BCUT2D eigenvalue weighted by Gasteiger charge is 2.12. The highest BCUT2D eigenvalue weighted by atomic mass is 32.1. The van der Waals surface area contributed by atoms with E-state index < -0.39 is 5.97 Å². The third-order valence-corrected chi connectivity index (χ3v) is 3.89. The first-order valence-corrected chi connectivity index (χ1v) is 6.92. The molecule has 1 aromatic heterocycles. The molecular weight excluding hydrogens is 272 g/mol. The monoisotopic (exact) mass is 284 g/mol. The molecule has 0 fully saturated rings. The second-order valence-electron chi connectivity index (χ2n) is 4.47. The second-order valence-corrected chi connectivity index (χ2v) is 5.50. The maximum absolute atomic E-state index is 11.2. The van der Waals surface area contributed by atoms with Gasteiger partial charge in [0.2, 0.25) is 0 Å². The standard InChI is InChI=1S/C15H12N2O2S/c1-9-6-7-10(14(18)19)12(8-9)17-15-16-11-4-2-3-5-13(11)20-15/h2-8H,1H3,(H,16,17)(H,18,19). The van der Waals surface area contributed by atoms with Crippen molar-refractivity contribution < 1.29 is 9.90 Å². The number of anilines is 2. The smallest absolute Gasteiger partial charge is 0.337 e. The lowest BCUT2D eigenvalue weighted by atomic mass is 10.1. The number of carbonyl (C=O) groups is 1. The minimum atomic E-state index is -0.950. The van der Waals surface area contributed by atoms with E-state index in [-0.39, 0.29) is 5.56 Å². The van der Waals surface area contributed by atoms with Crippen molar-refractivity contribution >= 4 is 38.3 Å². The minimum absolute atomic E-state index is 0.245. The van der Waals surface area contributed by atoms with Crippen LogP contribution in [-0.4, -0.2) is 16.1 Å². The highest BCUT2D eigenvalue weighted by molar-refractivity contribution is 7.22. The number of carboxylic acids is 1. The lowest BCUT2D eigenvalue weighted by Crippen LogP contribution is -2.02. The van der Waals surface area contributed by atoms with Crippen LogP contribution >= 0.6 is 11.3 Å². The molecule has 3 rings (SSSR count). The van der Waals surface area contributed by atoms with E-state index in [1.165, 1.54) is 11.3 Å². The summed E-state index contributed by atoms with van der Waals surface area (Å²) in [6.07, 6.45) is 0. The average molecular weight is 284 g/mol. The van der Waals surface area contributed by atoms with Crippen LogP contribution in [-0.2, 0) is 0 Å². The quantitative estimate of drug-likeness (QED) is 0.761. The molecule has 0 aliphatic carbocycles. The molecule has 0 radical (unpaired) electrons. The average Bonchev–Trinajstić information content (AvgIpc) is 2.80. The Bertz CT molecular complexity index is 762. The summed E-state index contributed by atoms with van der Waals surface area (Å²) >= 11 is 1.50. The summed E-state index contributed by atoms with van der Waals surface area (Å²) < 4.78 is 1.07. The van der Waals surface area contributed by atoms with Gasteiger partial charge < -0.3 is 10.4 Å². The molecule has 2 aromatic carbocycles. The van der Waals surface area contributed by atoms with Crippen molar-refractivity contribution in [2.75, 3.05) is 5.32 Å². The number of fused-ring (bicyclic) bond motifs is 1. The number of aromatic carboxylic acids is 1. The number of hydrogen-bond acceptors (Lipinski definition) is 4. The van der Waals surface area contributed by atoms with Gasteiger partial charge in [-0.15, -0.1) is 0 Å². The van der Waals surface area contributed by atoms with E-state index in [4.69, 9.17) is 0 Å². The summed E-state index contributed by atoms with van der Waals surface area (Å²) in [5.74, 6) is -0.950. The Hall–Kier alpha value is -2.40. The predicted molar refractivity (Wildman–Crippen MR) is 81.0 cm³/mol. The number of nitrogens with one attached hydrogen (secondary N) is 1. The number of aromatic nitrogens is 1. The van der Waals surface area contributed by atoms with E-state index in [0.29, 0.717) is 10.8 Å². The van der Waals surface area contributed by atoms with Crippen LogP contribution in [0, 0.1) is 6.92 Å². The number of thiazole rings is 1. The van der Waals surface area contributed by atoms with E-state index in [1.807, 2.05) is 37.3 Å². The number of aryl methyl sites for hydroxylation is 1. The molecule has 0 aliphatic heterocycles. The van der Waals surface area contributed by atoms with E-state index in [0.717, 1.165) is 15.8 Å². The van der Waals surface area contributed by atoms with Crippen LogP contribution in [0.3, 0.4) is 0 Å². The second kappa shape index (κ2) is 4.94. The zero-order valence-corrected chi connectivity index (χ0v) is 11.6. The van der Waals surface area contributed by atoms with Crippen molar-refractivity contribution in [2.24, 2.45) is 0 Å². The third-order valence-electron chi connectivity index (χ3n) is 2.94. The normalized spacial score (nSPS) is 10.7. The fourth-order valence-corrected chi connectivity index (χ4v) is 2.87. The van der Waals surface area contributed by atoms with E-state index in [1.54, 1.807) is 12.1 Å². The summed E-state index contributed by atoms with van der Waals surface area (Å²) in [6.45, 7) is 1.93. The molecule has 2 N–H and O–H groups in total. The van der Waals surface area contributed by atoms with Crippen LogP contribution in [0.4, 0.5) is 10.8 Å². The predicted octanol–water partition coefficient (Wildman–Crippen LogP) is 4.05. The molecule has 0 bridgehead atoms. The molecule has 0 amide bonds. The molecular formula is C15H12N2O2S. The SMILES string of the molecule is Cc1ccc(C(=O)O)c(Nc2nc3ccccc3s2)c1. The summed E-state index contributed by atoms with van der Waals surface area (Å²) in [4.78, 5) is 15.7. The van der Waals surface area contributed by atoms with Crippen LogP contribution in [0.25, 0.3) is 10.2 Å². The van der Waals surface area contributed by atoms with Crippen molar-refractivity contribution in [3.05, 3.63) is 53.6 Å². The van der Waals surface area contributed by atoms with Gasteiger partial charge in [-0.3, -0.25) is 0 Å².